The monoisotopic (exact) mass is 341 g/mol. The van der Waals surface area contributed by atoms with E-state index in [-0.39, 0.29) is 11.4 Å². The van der Waals surface area contributed by atoms with Crippen molar-refractivity contribution in [3.05, 3.63) is 51.7 Å². The zero-order chi connectivity index (χ0) is 17.3. The molecule has 1 N–H and O–H groups in total. The molecule has 1 aromatic heterocycles. The van der Waals surface area contributed by atoms with Gasteiger partial charge in [-0.2, -0.15) is 5.10 Å². The summed E-state index contributed by atoms with van der Waals surface area (Å²) in [7, 11) is 2.15. The van der Waals surface area contributed by atoms with Gasteiger partial charge in [-0.1, -0.05) is 19.1 Å². The second-order valence-corrected chi connectivity index (χ2v) is 7.92. The van der Waals surface area contributed by atoms with Crippen molar-refractivity contribution in [2.75, 3.05) is 11.9 Å². The van der Waals surface area contributed by atoms with Gasteiger partial charge in [0.25, 0.3) is 5.91 Å². The molecule has 5 heteroatoms. The Morgan fingerprint density at radius 3 is 2.92 bits per heavy atom. The van der Waals surface area contributed by atoms with Crippen LogP contribution in [0, 0.1) is 0 Å². The first-order valence-electron chi connectivity index (χ1n) is 8.13. The quantitative estimate of drug-likeness (QED) is 0.670. The lowest BCUT2D eigenvalue weighted by molar-refractivity contribution is 0.0959. The molecule has 1 unspecified atom stereocenters. The highest BCUT2D eigenvalue weighted by Gasteiger charge is 2.33. The van der Waals surface area contributed by atoms with Gasteiger partial charge in [-0.05, 0) is 60.9 Å². The zero-order valence-electron chi connectivity index (χ0n) is 14.5. The molecule has 24 heavy (non-hydrogen) atoms. The summed E-state index contributed by atoms with van der Waals surface area (Å²) in [6, 6.07) is 10.0. The highest BCUT2D eigenvalue weighted by atomic mass is 32.1. The second kappa shape index (κ2) is 6.40. The topological polar surface area (TPSA) is 44.7 Å². The Hall–Kier alpha value is -2.14. The fraction of sp³-hybridized carbons (Fsp3) is 0.368. The van der Waals surface area contributed by atoms with Crippen LogP contribution in [0.2, 0.25) is 0 Å². The highest BCUT2D eigenvalue weighted by Crippen LogP contribution is 2.42. The Labute approximate surface area is 147 Å². The average molecular weight is 341 g/mol. The maximum absolute atomic E-state index is 11.9. The van der Waals surface area contributed by atoms with E-state index in [1.165, 1.54) is 22.6 Å². The molecule has 1 atom stereocenters. The van der Waals surface area contributed by atoms with E-state index >= 15 is 0 Å². The third-order valence-electron chi connectivity index (χ3n) is 4.78. The highest BCUT2D eigenvalue weighted by molar-refractivity contribution is 7.12. The molecule has 0 saturated heterocycles. The first kappa shape index (κ1) is 16.7. The van der Waals surface area contributed by atoms with Crippen LogP contribution in [0.3, 0.4) is 0 Å². The average Bonchev–Trinajstić information content (AvgIpc) is 3.07. The number of carbonyl (C=O) groups is 1. The minimum absolute atomic E-state index is 0.163. The molecule has 1 aliphatic rings. The lowest BCUT2D eigenvalue weighted by Gasteiger charge is -2.45. The Morgan fingerprint density at radius 2 is 2.21 bits per heavy atom. The van der Waals surface area contributed by atoms with E-state index in [4.69, 9.17) is 0 Å². The van der Waals surface area contributed by atoms with Gasteiger partial charge in [-0.25, -0.2) is 5.43 Å². The molecule has 1 aromatic carbocycles. The summed E-state index contributed by atoms with van der Waals surface area (Å²) in [5.74, 6) is 0.328. The van der Waals surface area contributed by atoms with E-state index in [1.54, 1.807) is 12.3 Å². The molecule has 0 aliphatic carbocycles. The van der Waals surface area contributed by atoms with Crippen molar-refractivity contribution < 1.29 is 4.79 Å². The fourth-order valence-electron chi connectivity index (χ4n) is 3.30. The van der Waals surface area contributed by atoms with Gasteiger partial charge < -0.3 is 4.90 Å². The summed E-state index contributed by atoms with van der Waals surface area (Å²) in [5, 5.41) is 5.96. The van der Waals surface area contributed by atoms with Crippen LogP contribution in [0.1, 0.15) is 53.9 Å². The number of carbonyl (C=O) groups excluding carboxylic acids is 1. The van der Waals surface area contributed by atoms with Gasteiger partial charge in [0.1, 0.15) is 0 Å². The van der Waals surface area contributed by atoms with E-state index in [0.29, 0.717) is 10.8 Å². The summed E-state index contributed by atoms with van der Waals surface area (Å²) in [6.07, 6.45) is 2.82. The molecule has 1 amide bonds. The lowest BCUT2D eigenvalue weighted by Crippen LogP contribution is -2.45. The van der Waals surface area contributed by atoms with Crippen LogP contribution in [-0.2, 0) is 0 Å². The molecule has 0 fully saturated rings. The Morgan fingerprint density at radius 1 is 1.42 bits per heavy atom. The van der Waals surface area contributed by atoms with Crippen molar-refractivity contribution in [2.45, 2.75) is 38.6 Å². The zero-order valence-corrected chi connectivity index (χ0v) is 15.4. The molecule has 126 valence electrons. The number of nitrogens with one attached hydrogen (secondary N) is 1. The molecule has 1 aliphatic heterocycles. The third-order valence-corrected chi connectivity index (χ3v) is 5.65. The van der Waals surface area contributed by atoms with Crippen molar-refractivity contribution in [2.24, 2.45) is 5.10 Å². The Balaban J connectivity index is 1.76. The predicted octanol–water partition coefficient (Wildman–Crippen LogP) is 4.23. The smallest absolute Gasteiger partial charge is 0.281 e. The number of benzene rings is 1. The molecular weight excluding hydrogens is 318 g/mol. The van der Waals surface area contributed by atoms with Gasteiger partial charge in [-0.3, -0.25) is 4.79 Å². The molecule has 3 rings (SSSR count). The van der Waals surface area contributed by atoms with Crippen molar-refractivity contribution in [1.82, 2.24) is 5.43 Å². The SMILES string of the molecule is CC1CC(C)(C)N(C)c2ccc(/C=N/NC(=O)c3cccs3)cc21. The van der Waals surface area contributed by atoms with Crippen molar-refractivity contribution in [1.29, 1.82) is 0 Å². The van der Waals surface area contributed by atoms with E-state index < -0.39 is 0 Å². The summed E-state index contributed by atoms with van der Waals surface area (Å²) in [5.41, 5.74) is 6.36. The molecule has 2 aromatic rings. The molecule has 0 saturated carbocycles. The lowest BCUT2D eigenvalue weighted by atomic mass is 9.80. The van der Waals surface area contributed by atoms with Crippen LogP contribution >= 0.6 is 11.3 Å². The normalized spacial score (nSPS) is 19.3. The van der Waals surface area contributed by atoms with Crippen LogP contribution in [0.15, 0.2) is 40.8 Å². The molecule has 0 radical (unpaired) electrons. The molecule has 2 heterocycles. The van der Waals surface area contributed by atoms with Gasteiger partial charge >= 0.3 is 0 Å². The molecule has 0 bridgehead atoms. The number of rotatable bonds is 3. The maximum atomic E-state index is 11.9. The number of thiophene rings is 1. The third kappa shape index (κ3) is 3.22. The number of hydrogen-bond donors (Lipinski definition) is 1. The number of nitrogens with zero attached hydrogens (tertiary/aromatic N) is 2. The number of hydrazone groups is 1. The van der Waals surface area contributed by atoms with Crippen molar-refractivity contribution in [3.63, 3.8) is 0 Å². The van der Waals surface area contributed by atoms with Crippen LogP contribution in [-0.4, -0.2) is 24.7 Å². The Kier molecular flexibility index (Phi) is 4.45. The van der Waals surface area contributed by atoms with Gasteiger partial charge in [0, 0.05) is 18.3 Å². The minimum atomic E-state index is -0.172. The molecule has 0 spiro atoms. The standard InChI is InChI=1S/C19H23N3OS/c1-13-11-19(2,3)22(4)16-8-7-14(10-15(13)16)12-20-21-18(23)17-6-5-9-24-17/h5-10,12-13H,11H2,1-4H3,(H,21,23)/b20-12+. The van der Waals surface area contributed by atoms with E-state index in [2.05, 4.69) is 55.4 Å². The first-order chi connectivity index (χ1) is 11.4. The first-order valence-corrected chi connectivity index (χ1v) is 9.01. The largest absolute Gasteiger partial charge is 0.369 e. The summed E-state index contributed by atoms with van der Waals surface area (Å²) >= 11 is 1.40. The number of fused-ring (bicyclic) bond motifs is 1. The number of hydrogen-bond acceptors (Lipinski definition) is 4. The van der Waals surface area contributed by atoms with E-state index in [0.717, 1.165) is 12.0 Å². The number of amides is 1. The van der Waals surface area contributed by atoms with Gasteiger partial charge in [0.15, 0.2) is 0 Å². The summed E-state index contributed by atoms with van der Waals surface area (Å²) in [6.45, 7) is 6.83. The van der Waals surface area contributed by atoms with Gasteiger partial charge in [0.05, 0.1) is 11.1 Å². The van der Waals surface area contributed by atoms with Crippen LogP contribution < -0.4 is 10.3 Å². The van der Waals surface area contributed by atoms with Crippen molar-refractivity contribution in [3.8, 4) is 0 Å². The van der Waals surface area contributed by atoms with Crippen LogP contribution in [0.25, 0.3) is 0 Å². The fourth-order valence-corrected chi connectivity index (χ4v) is 3.92. The van der Waals surface area contributed by atoms with Gasteiger partial charge in [-0.15, -0.1) is 11.3 Å². The summed E-state index contributed by atoms with van der Waals surface area (Å²) in [4.78, 5) is 14.9. The second-order valence-electron chi connectivity index (χ2n) is 6.97. The molecule has 4 nitrogen and oxygen atoms in total. The van der Waals surface area contributed by atoms with Crippen LogP contribution in [0.4, 0.5) is 5.69 Å². The van der Waals surface area contributed by atoms with Crippen LogP contribution in [0.5, 0.6) is 0 Å². The minimum Gasteiger partial charge on any atom is -0.369 e. The van der Waals surface area contributed by atoms with Gasteiger partial charge in [0.2, 0.25) is 0 Å². The Bertz CT molecular complexity index is 765. The summed E-state index contributed by atoms with van der Waals surface area (Å²) < 4.78 is 0. The number of anilines is 1. The molecular formula is C19H23N3OS. The van der Waals surface area contributed by atoms with E-state index in [9.17, 15) is 4.79 Å². The van der Waals surface area contributed by atoms with E-state index in [1.807, 2.05) is 17.5 Å². The maximum Gasteiger partial charge on any atom is 0.281 e. The van der Waals surface area contributed by atoms with Crippen molar-refractivity contribution >= 4 is 29.1 Å². The predicted molar refractivity (Wildman–Crippen MR) is 101 cm³/mol.